The van der Waals surface area contributed by atoms with Crippen LogP contribution in [0.15, 0.2) is 42.5 Å². The largest absolute Gasteiger partial charge is 0.393 e. The lowest BCUT2D eigenvalue weighted by Gasteiger charge is -2.40. The van der Waals surface area contributed by atoms with E-state index in [4.69, 9.17) is 5.73 Å². The van der Waals surface area contributed by atoms with Gasteiger partial charge in [-0.2, -0.15) is 0 Å². The zero-order chi connectivity index (χ0) is 25.1. The Labute approximate surface area is 203 Å². The summed E-state index contributed by atoms with van der Waals surface area (Å²) in [7, 11) is 0. The van der Waals surface area contributed by atoms with E-state index in [-0.39, 0.29) is 30.7 Å². The second kappa shape index (κ2) is 10.8. The fourth-order valence-corrected chi connectivity index (χ4v) is 5.52. The lowest BCUT2D eigenvalue weighted by atomic mass is 9.84. The molecule has 0 radical (unpaired) electrons. The molecular weight excluding hydrogens is 456 g/mol. The van der Waals surface area contributed by atoms with Crippen LogP contribution >= 0.6 is 0 Å². The highest BCUT2D eigenvalue weighted by Crippen LogP contribution is 2.43. The number of rotatable bonds is 9. The number of hydrogen-bond donors (Lipinski definition) is 3. The van der Waals surface area contributed by atoms with E-state index in [1.54, 1.807) is 6.07 Å². The normalized spacial score (nSPS) is 22.7. The van der Waals surface area contributed by atoms with Gasteiger partial charge in [0.05, 0.1) is 13.2 Å². The third-order valence-electron chi connectivity index (χ3n) is 7.34. The van der Waals surface area contributed by atoms with Crippen LogP contribution in [-0.4, -0.2) is 69.7 Å². The first-order chi connectivity index (χ1) is 16.8. The summed E-state index contributed by atoms with van der Waals surface area (Å²) in [6.07, 6.45) is 2.16. The molecule has 9 heteroatoms. The van der Waals surface area contributed by atoms with Gasteiger partial charge in [-0.15, -0.1) is 0 Å². The summed E-state index contributed by atoms with van der Waals surface area (Å²) in [5.74, 6) is -2.45. The van der Waals surface area contributed by atoms with Crippen molar-refractivity contribution in [3.8, 4) is 0 Å². The van der Waals surface area contributed by atoms with Gasteiger partial charge in [-0.1, -0.05) is 18.2 Å². The molecular formula is C26H31F2N3O4. The van der Waals surface area contributed by atoms with E-state index in [1.807, 2.05) is 18.2 Å². The van der Waals surface area contributed by atoms with Crippen LogP contribution < -0.4 is 5.73 Å². The third-order valence-corrected chi connectivity index (χ3v) is 7.34. The van der Waals surface area contributed by atoms with Crippen LogP contribution in [0.2, 0.25) is 0 Å². The number of amides is 2. The predicted molar refractivity (Wildman–Crippen MR) is 125 cm³/mol. The number of carbonyl (C=O) groups is 2. The first-order valence-electron chi connectivity index (χ1n) is 11.9. The minimum Gasteiger partial charge on any atom is -0.393 e. The third kappa shape index (κ3) is 5.52. The molecule has 0 spiro atoms. The average molecular weight is 488 g/mol. The highest BCUT2D eigenvalue weighted by molar-refractivity contribution is 5.92. The first kappa shape index (κ1) is 25.2. The van der Waals surface area contributed by atoms with E-state index < -0.39 is 36.2 Å². The van der Waals surface area contributed by atoms with Gasteiger partial charge in [-0.05, 0) is 61.4 Å². The molecule has 2 aliphatic heterocycles. The summed E-state index contributed by atoms with van der Waals surface area (Å²) in [5.41, 5.74) is 6.78. The van der Waals surface area contributed by atoms with Gasteiger partial charge in [0, 0.05) is 36.3 Å². The Hall–Kier alpha value is -2.88. The van der Waals surface area contributed by atoms with Gasteiger partial charge in [-0.3, -0.25) is 14.5 Å². The fraction of sp³-hybridized carbons (Fsp3) is 0.462. The van der Waals surface area contributed by atoms with Crippen LogP contribution in [-0.2, 0) is 11.3 Å². The number of nitrogens with two attached hydrogens (primary N) is 1. The van der Waals surface area contributed by atoms with E-state index in [0.717, 1.165) is 43.4 Å². The van der Waals surface area contributed by atoms with Crippen LogP contribution in [0.5, 0.6) is 0 Å². The summed E-state index contributed by atoms with van der Waals surface area (Å²) in [6, 6.07) is 11.5. The average Bonchev–Trinajstić information content (AvgIpc) is 3.08. The van der Waals surface area contributed by atoms with E-state index in [0.29, 0.717) is 18.0 Å². The number of hydrogen-bond acceptors (Lipinski definition) is 5. The molecule has 4 N–H and O–H groups in total. The van der Waals surface area contributed by atoms with E-state index in [2.05, 4.69) is 4.90 Å². The highest BCUT2D eigenvalue weighted by Gasteiger charge is 2.41. The molecule has 2 saturated heterocycles. The van der Waals surface area contributed by atoms with Gasteiger partial charge < -0.3 is 20.8 Å². The van der Waals surface area contributed by atoms with Crippen molar-refractivity contribution in [1.29, 1.82) is 0 Å². The number of primary amides is 1. The van der Waals surface area contributed by atoms with E-state index >= 15 is 0 Å². The number of aliphatic hydroxyl groups excluding tert-OH is 2. The Bertz CT molecular complexity index is 1050. The Kier molecular flexibility index (Phi) is 7.78. The Morgan fingerprint density at radius 1 is 1.09 bits per heavy atom. The second-order valence-electron chi connectivity index (χ2n) is 9.44. The molecule has 4 rings (SSSR count). The van der Waals surface area contributed by atoms with Crippen LogP contribution in [0.25, 0.3) is 0 Å². The van der Waals surface area contributed by atoms with Crippen molar-refractivity contribution in [2.75, 3.05) is 19.7 Å². The number of aliphatic hydroxyl groups is 2. The first-order valence-corrected chi connectivity index (χ1v) is 11.9. The predicted octanol–water partition coefficient (Wildman–Crippen LogP) is 2.16. The molecule has 2 heterocycles. The fourth-order valence-electron chi connectivity index (χ4n) is 5.52. The molecule has 35 heavy (non-hydrogen) atoms. The highest BCUT2D eigenvalue weighted by atomic mass is 19.1. The molecule has 0 aromatic heterocycles. The number of benzene rings is 2. The smallest absolute Gasteiger partial charge is 0.254 e. The molecule has 2 unspecified atom stereocenters. The maximum absolute atomic E-state index is 14.2. The van der Waals surface area contributed by atoms with Gasteiger partial charge in [0.25, 0.3) is 5.91 Å². The molecule has 7 nitrogen and oxygen atoms in total. The molecule has 2 aromatic carbocycles. The minimum absolute atomic E-state index is 0.165. The van der Waals surface area contributed by atoms with Crippen molar-refractivity contribution in [2.45, 2.75) is 56.3 Å². The molecule has 0 saturated carbocycles. The standard InChI is InChI=1S/C26H31F2N3O4/c27-22-5-2-6-23(28)21(22)14-30(26(35)24(33)15-32)9-10-31-19-7-8-20(31)13-18(12-19)16-3-1-4-17(11-16)25(29)34/h1-6,11,18-20,24,32-33H,7-10,12-15H2,(H2,29,34)/t18?,19?,20?,24-/m1/s1. The van der Waals surface area contributed by atoms with Gasteiger partial charge in [0.1, 0.15) is 11.6 Å². The Balaban J connectivity index is 1.45. The van der Waals surface area contributed by atoms with Gasteiger partial charge >= 0.3 is 0 Å². The molecule has 188 valence electrons. The second-order valence-corrected chi connectivity index (χ2v) is 9.44. The summed E-state index contributed by atoms with van der Waals surface area (Å²) < 4.78 is 28.5. The monoisotopic (exact) mass is 487 g/mol. The maximum Gasteiger partial charge on any atom is 0.254 e. The molecule has 2 aliphatic rings. The quantitative estimate of drug-likeness (QED) is 0.503. The molecule has 2 aromatic rings. The van der Waals surface area contributed by atoms with Crippen LogP contribution in [0.4, 0.5) is 8.78 Å². The summed E-state index contributed by atoms with van der Waals surface area (Å²) in [5, 5.41) is 19.2. The van der Waals surface area contributed by atoms with Crippen molar-refractivity contribution in [1.82, 2.24) is 9.80 Å². The maximum atomic E-state index is 14.2. The number of piperidine rings is 1. The number of fused-ring (bicyclic) bond motifs is 2. The minimum atomic E-state index is -1.65. The summed E-state index contributed by atoms with van der Waals surface area (Å²) >= 11 is 0. The SMILES string of the molecule is NC(=O)c1cccc(C2CC3CCC(C2)N3CCN(Cc2c(F)cccc2F)C(=O)[C@H](O)CO)c1. The zero-order valence-corrected chi connectivity index (χ0v) is 19.4. The van der Waals surface area contributed by atoms with Crippen molar-refractivity contribution in [2.24, 2.45) is 5.73 Å². The van der Waals surface area contributed by atoms with Crippen LogP contribution in [0.3, 0.4) is 0 Å². The summed E-state index contributed by atoms with van der Waals surface area (Å²) in [6.45, 7) is -0.446. The zero-order valence-electron chi connectivity index (χ0n) is 19.4. The van der Waals surface area contributed by atoms with Gasteiger partial charge in [0.15, 0.2) is 6.10 Å². The number of nitrogens with zero attached hydrogens (tertiary/aromatic N) is 2. The Morgan fingerprint density at radius 2 is 1.71 bits per heavy atom. The summed E-state index contributed by atoms with van der Waals surface area (Å²) in [4.78, 5) is 27.8. The molecule has 0 aliphatic carbocycles. The topological polar surface area (TPSA) is 107 Å². The van der Waals surface area contributed by atoms with E-state index in [9.17, 15) is 28.6 Å². The Morgan fingerprint density at radius 3 is 2.31 bits per heavy atom. The van der Waals surface area contributed by atoms with Crippen molar-refractivity contribution < 1.29 is 28.6 Å². The number of halogens is 2. The van der Waals surface area contributed by atoms with Gasteiger partial charge in [-0.25, -0.2) is 8.78 Å². The molecule has 2 amide bonds. The van der Waals surface area contributed by atoms with Gasteiger partial charge in [0.2, 0.25) is 5.91 Å². The molecule has 3 atom stereocenters. The van der Waals surface area contributed by atoms with Crippen molar-refractivity contribution in [3.63, 3.8) is 0 Å². The number of carbonyl (C=O) groups excluding carboxylic acids is 2. The molecule has 2 bridgehead atoms. The van der Waals surface area contributed by atoms with Crippen LogP contribution in [0, 0.1) is 11.6 Å². The van der Waals surface area contributed by atoms with Crippen LogP contribution in [0.1, 0.15) is 53.1 Å². The lowest BCUT2D eigenvalue weighted by molar-refractivity contribution is -0.143. The van der Waals surface area contributed by atoms with Crippen molar-refractivity contribution >= 4 is 11.8 Å². The lowest BCUT2D eigenvalue weighted by Crippen LogP contribution is -2.48. The van der Waals surface area contributed by atoms with Crippen molar-refractivity contribution in [3.05, 3.63) is 70.8 Å². The van der Waals surface area contributed by atoms with E-state index in [1.165, 1.54) is 11.0 Å². The molecule has 2 fully saturated rings.